The van der Waals surface area contributed by atoms with Crippen LogP contribution in [0.2, 0.25) is 0 Å². The summed E-state index contributed by atoms with van der Waals surface area (Å²) in [6, 6.07) is 10.2. The Morgan fingerprint density at radius 1 is 1.25 bits per heavy atom. The summed E-state index contributed by atoms with van der Waals surface area (Å²) in [5.74, 6) is 0.627. The van der Waals surface area contributed by atoms with Gasteiger partial charge in [0.05, 0.1) is 29.0 Å². The Morgan fingerprint density at radius 3 is 2.75 bits per heavy atom. The van der Waals surface area contributed by atoms with Gasteiger partial charge in [0, 0.05) is 16.6 Å². The molecule has 0 saturated heterocycles. The monoisotopic (exact) mass is 414 g/mol. The molecular formula is C21H26N4OS2. The Bertz CT molecular complexity index is 866. The number of amides is 1. The van der Waals surface area contributed by atoms with Crippen LogP contribution in [-0.2, 0) is 4.79 Å². The number of anilines is 1. The number of nitrogens with one attached hydrogen (secondary N) is 1. The van der Waals surface area contributed by atoms with Gasteiger partial charge in [0.15, 0.2) is 5.16 Å². The molecule has 5 nitrogen and oxygen atoms in total. The van der Waals surface area contributed by atoms with E-state index < -0.39 is 0 Å². The summed E-state index contributed by atoms with van der Waals surface area (Å²) in [5, 5.41) is 12.7. The fourth-order valence-electron chi connectivity index (χ4n) is 3.59. The first-order valence-corrected chi connectivity index (χ1v) is 11.6. The number of nitrogens with zero attached hydrogens (tertiary/aromatic N) is 3. The summed E-state index contributed by atoms with van der Waals surface area (Å²) >= 11 is 2.94. The molecule has 28 heavy (non-hydrogen) atoms. The van der Waals surface area contributed by atoms with Crippen LogP contribution >= 0.6 is 23.5 Å². The number of para-hydroxylation sites is 1. The molecule has 1 aliphatic carbocycles. The Morgan fingerprint density at radius 2 is 2.00 bits per heavy atom. The zero-order valence-corrected chi connectivity index (χ0v) is 18.0. The van der Waals surface area contributed by atoms with E-state index in [0.29, 0.717) is 17.5 Å². The average Bonchev–Trinajstić information content (AvgIpc) is 3.00. The lowest BCUT2D eigenvalue weighted by atomic mass is 9.95. The van der Waals surface area contributed by atoms with Crippen LogP contribution in [-0.4, -0.2) is 27.0 Å². The second kappa shape index (κ2) is 10.0. The lowest BCUT2D eigenvalue weighted by Crippen LogP contribution is -2.17. The lowest BCUT2D eigenvalue weighted by Gasteiger charge is -2.26. The number of aromatic nitrogens is 2. The van der Waals surface area contributed by atoms with E-state index in [2.05, 4.69) is 22.9 Å². The number of benzene rings is 1. The molecule has 1 aromatic carbocycles. The summed E-state index contributed by atoms with van der Waals surface area (Å²) in [7, 11) is 0. The predicted molar refractivity (Wildman–Crippen MR) is 116 cm³/mol. The van der Waals surface area contributed by atoms with Crippen molar-refractivity contribution >= 4 is 35.1 Å². The molecule has 1 saturated carbocycles. The van der Waals surface area contributed by atoms with Crippen LogP contribution in [0.15, 0.2) is 34.3 Å². The summed E-state index contributed by atoms with van der Waals surface area (Å²) in [4.78, 5) is 18.2. The Labute approximate surface area is 175 Å². The van der Waals surface area contributed by atoms with Crippen molar-refractivity contribution in [2.24, 2.45) is 0 Å². The van der Waals surface area contributed by atoms with E-state index in [1.165, 1.54) is 61.3 Å². The van der Waals surface area contributed by atoms with Crippen molar-refractivity contribution in [1.82, 2.24) is 9.55 Å². The molecule has 0 unspecified atom stereocenters. The Kier molecular flexibility index (Phi) is 7.46. The van der Waals surface area contributed by atoms with Crippen molar-refractivity contribution in [3.63, 3.8) is 0 Å². The summed E-state index contributed by atoms with van der Waals surface area (Å²) in [5.41, 5.74) is 3.02. The van der Waals surface area contributed by atoms with Gasteiger partial charge in [-0.05, 0) is 38.8 Å². The van der Waals surface area contributed by atoms with Gasteiger partial charge in [-0.1, -0.05) is 43.2 Å². The van der Waals surface area contributed by atoms with E-state index in [-0.39, 0.29) is 5.91 Å². The molecular weight excluding hydrogens is 388 g/mol. The molecule has 1 N–H and O–H groups in total. The largest absolute Gasteiger partial charge is 0.324 e. The third kappa shape index (κ3) is 5.12. The van der Waals surface area contributed by atoms with Crippen LogP contribution in [0.3, 0.4) is 0 Å². The van der Waals surface area contributed by atoms with Gasteiger partial charge in [-0.25, -0.2) is 4.98 Å². The van der Waals surface area contributed by atoms with Crippen molar-refractivity contribution < 1.29 is 4.79 Å². The topological polar surface area (TPSA) is 70.7 Å². The maximum absolute atomic E-state index is 12.5. The SMILES string of the molecule is Cc1nc(SCC(=O)Nc2ccccc2SCC#N)n(C2CCCCC2)c1C. The molecule has 7 heteroatoms. The number of aryl methyl sites for hydroxylation is 1. The third-order valence-electron chi connectivity index (χ3n) is 5.08. The van der Waals surface area contributed by atoms with Crippen molar-refractivity contribution in [2.75, 3.05) is 16.8 Å². The smallest absolute Gasteiger partial charge is 0.234 e. The molecule has 0 spiro atoms. The van der Waals surface area contributed by atoms with Gasteiger partial charge in [0.2, 0.25) is 5.91 Å². The zero-order valence-electron chi connectivity index (χ0n) is 16.4. The van der Waals surface area contributed by atoms with Crippen molar-refractivity contribution in [2.45, 2.75) is 62.0 Å². The molecule has 1 aliphatic rings. The minimum atomic E-state index is -0.0523. The van der Waals surface area contributed by atoms with E-state index in [9.17, 15) is 4.79 Å². The molecule has 1 amide bonds. The average molecular weight is 415 g/mol. The highest BCUT2D eigenvalue weighted by Crippen LogP contribution is 2.34. The van der Waals surface area contributed by atoms with E-state index in [1.54, 1.807) is 0 Å². The quantitative estimate of drug-likeness (QED) is 0.618. The van der Waals surface area contributed by atoms with Crippen LogP contribution in [0.4, 0.5) is 5.69 Å². The molecule has 0 radical (unpaired) electrons. The summed E-state index contributed by atoms with van der Waals surface area (Å²) in [6.45, 7) is 4.17. The highest BCUT2D eigenvalue weighted by molar-refractivity contribution is 8.00. The number of rotatable bonds is 7. The summed E-state index contributed by atoms with van der Waals surface area (Å²) < 4.78 is 2.35. The fraction of sp³-hybridized carbons (Fsp3) is 0.476. The van der Waals surface area contributed by atoms with Gasteiger partial charge in [-0.2, -0.15) is 5.26 Å². The highest BCUT2D eigenvalue weighted by atomic mass is 32.2. The van der Waals surface area contributed by atoms with Crippen LogP contribution in [0.25, 0.3) is 0 Å². The molecule has 0 bridgehead atoms. The van der Waals surface area contributed by atoms with E-state index >= 15 is 0 Å². The molecule has 1 aromatic heterocycles. The number of imidazole rings is 1. The first kappa shape index (κ1) is 20.8. The van der Waals surface area contributed by atoms with Gasteiger partial charge in [-0.3, -0.25) is 4.79 Å². The van der Waals surface area contributed by atoms with E-state index in [0.717, 1.165) is 21.4 Å². The number of thioether (sulfide) groups is 2. The fourth-order valence-corrected chi connectivity index (χ4v) is 5.22. The maximum atomic E-state index is 12.5. The first-order chi connectivity index (χ1) is 13.6. The number of hydrogen-bond acceptors (Lipinski definition) is 5. The lowest BCUT2D eigenvalue weighted by molar-refractivity contribution is -0.113. The van der Waals surface area contributed by atoms with Crippen molar-refractivity contribution in [1.29, 1.82) is 5.26 Å². The van der Waals surface area contributed by atoms with Gasteiger partial charge in [0.25, 0.3) is 0 Å². The van der Waals surface area contributed by atoms with Crippen molar-refractivity contribution in [3.05, 3.63) is 35.7 Å². The Balaban J connectivity index is 1.66. The third-order valence-corrected chi connectivity index (χ3v) is 6.97. The number of carbonyl (C=O) groups excluding carboxylic acids is 1. The molecule has 0 atom stereocenters. The van der Waals surface area contributed by atoms with Crippen LogP contribution < -0.4 is 5.32 Å². The van der Waals surface area contributed by atoms with Crippen molar-refractivity contribution in [3.8, 4) is 6.07 Å². The van der Waals surface area contributed by atoms with Gasteiger partial charge in [-0.15, -0.1) is 11.8 Å². The molecule has 2 aromatic rings. The van der Waals surface area contributed by atoms with E-state index in [1.807, 2.05) is 31.2 Å². The van der Waals surface area contributed by atoms with Crippen LogP contribution in [0.5, 0.6) is 0 Å². The molecule has 1 fully saturated rings. The molecule has 0 aliphatic heterocycles. The van der Waals surface area contributed by atoms with Crippen LogP contribution in [0.1, 0.15) is 49.5 Å². The van der Waals surface area contributed by atoms with Crippen LogP contribution in [0, 0.1) is 25.2 Å². The minimum absolute atomic E-state index is 0.0523. The maximum Gasteiger partial charge on any atom is 0.234 e. The number of carbonyl (C=O) groups is 1. The van der Waals surface area contributed by atoms with Gasteiger partial charge in [0.1, 0.15) is 0 Å². The normalized spacial score (nSPS) is 14.6. The number of nitriles is 1. The van der Waals surface area contributed by atoms with Gasteiger partial charge >= 0.3 is 0 Å². The standard InChI is InChI=1S/C21H26N4OS2/c1-15-16(2)25(17-8-4-3-5-9-17)21(23-15)28-14-20(26)24-18-10-6-7-11-19(18)27-13-12-22/h6-7,10-11,17H,3-5,8-9,13-14H2,1-2H3,(H,24,26). The highest BCUT2D eigenvalue weighted by Gasteiger charge is 2.22. The number of hydrogen-bond donors (Lipinski definition) is 1. The predicted octanol–water partition coefficient (Wildman–Crippen LogP) is 5.35. The first-order valence-electron chi connectivity index (χ1n) is 9.67. The van der Waals surface area contributed by atoms with Gasteiger partial charge < -0.3 is 9.88 Å². The minimum Gasteiger partial charge on any atom is -0.324 e. The Hall–Kier alpha value is -1.91. The zero-order chi connectivity index (χ0) is 19.9. The molecule has 1 heterocycles. The summed E-state index contributed by atoms with van der Waals surface area (Å²) in [6.07, 6.45) is 6.24. The second-order valence-corrected chi connectivity index (χ2v) is 8.97. The molecule has 148 valence electrons. The second-order valence-electron chi connectivity index (χ2n) is 7.01. The van der Waals surface area contributed by atoms with E-state index in [4.69, 9.17) is 10.2 Å². The molecule has 3 rings (SSSR count).